The Balaban J connectivity index is 2.63. The largest absolute Gasteiger partial charge is 0.458 e. The lowest BCUT2D eigenvalue weighted by atomic mass is 10.3. The fourth-order valence-corrected chi connectivity index (χ4v) is 1.80. The average Bonchev–Trinajstić information content (AvgIpc) is 2.45. The minimum atomic E-state index is -3.90. The Labute approximate surface area is 75.0 Å². The van der Waals surface area contributed by atoms with Crippen molar-refractivity contribution in [3.8, 4) is 0 Å². The second-order valence-electron chi connectivity index (χ2n) is 2.81. The topological polar surface area (TPSA) is 76.5 Å². The van der Waals surface area contributed by atoms with Gasteiger partial charge in [-0.3, -0.25) is 0 Å². The van der Waals surface area contributed by atoms with Gasteiger partial charge in [-0.25, -0.2) is 0 Å². The van der Waals surface area contributed by atoms with Crippen molar-refractivity contribution in [2.24, 2.45) is 0 Å². The molecule has 13 heavy (non-hydrogen) atoms. The van der Waals surface area contributed by atoms with Crippen molar-refractivity contribution < 1.29 is 14.7 Å². The van der Waals surface area contributed by atoms with Gasteiger partial charge in [-0.2, -0.15) is 14.7 Å². The van der Waals surface area contributed by atoms with Crippen LogP contribution in [0.1, 0.15) is 0 Å². The molecule has 68 valence electrons. The van der Waals surface area contributed by atoms with Crippen LogP contribution in [0.25, 0.3) is 10.9 Å². The number of hydrogen-bond acceptors (Lipinski definition) is 3. The Bertz CT molecular complexity index is 399. The smallest absolute Gasteiger partial charge is 0.319 e. The molecule has 2 rings (SSSR count). The Hall–Kier alpha value is -0.930. The molecule has 1 aromatic heterocycles. The van der Waals surface area contributed by atoms with E-state index in [0.717, 1.165) is 10.9 Å². The molecule has 0 saturated heterocycles. The van der Waals surface area contributed by atoms with Gasteiger partial charge in [0.1, 0.15) is 0 Å². The standard InChI is InChI=1S/C8H9NO3P/c10-13(11,12)8-5-6-3-1-2-4-7(6)9-8/h1-5,9-12H/q+1. The van der Waals surface area contributed by atoms with E-state index < -0.39 is 7.94 Å². The summed E-state index contributed by atoms with van der Waals surface area (Å²) in [4.78, 5) is 29.7. The van der Waals surface area contributed by atoms with Gasteiger partial charge in [-0.15, -0.1) is 0 Å². The maximum Gasteiger partial charge on any atom is 0.458 e. The molecular formula is C8H9NO3P+. The zero-order chi connectivity index (χ0) is 9.47. The summed E-state index contributed by atoms with van der Waals surface area (Å²) >= 11 is 0. The van der Waals surface area contributed by atoms with Crippen LogP contribution >= 0.6 is 7.94 Å². The van der Waals surface area contributed by atoms with Gasteiger partial charge < -0.3 is 4.98 Å². The van der Waals surface area contributed by atoms with E-state index in [0.29, 0.717) is 0 Å². The number of aromatic amines is 1. The van der Waals surface area contributed by atoms with E-state index in [-0.39, 0.29) is 5.44 Å². The van der Waals surface area contributed by atoms with Gasteiger partial charge in [0.2, 0.25) is 0 Å². The van der Waals surface area contributed by atoms with Crippen LogP contribution in [0.2, 0.25) is 0 Å². The summed E-state index contributed by atoms with van der Waals surface area (Å²) in [5.74, 6) is 0. The molecule has 0 aliphatic carbocycles. The average molecular weight is 198 g/mol. The number of H-pyrrole nitrogens is 1. The van der Waals surface area contributed by atoms with E-state index in [1.807, 2.05) is 18.2 Å². The zero-order valence-electron chi connectivity index (χ0n) is 6.68. The fraction of sp³-hybridized carbons (Fsp3) is 0. The van der Waals surface area contributed by atoms with E-state index in [1.54, 1.807) is 6.07 Å². The van der Waals surface area contributed by atoms with Crippen LogP contribution in [0, 0.1) is 0 Å². The number of aromatic nitrogens is 1. The van der Waals surface area contributed by atoms with Gasteiger partial charge in [0.05, 0.1) is 0 Å². The van der Waals surface area contributed by atoms with Crippen LogP contribution in [-0.2, 0) is 0 Å². The number of rotatable bonds is 1. The fourth-order valence-electron chi connectivity index (χ4n) is 1.22. The molecule has 0 aliphatic heterocycles. The van der Waals surface area contributed by atoms with Crippen LogP contribution in [0.4, 0.5) is 0 Å². The number of benzene rings is 1. The first-order valence-corrected chi connectivity index (χ1v) is 5.38. The number of nitrogens with one attached hydrogen (secondary N) is 1. The lowest BCUT2D eigenvalue weighted by molar-refractivity contribution is 0.346. The molecular weight excluding hydrogens is 189 g/mol. The SMILES string of the molecule is O[P+](O)(O)c1cc2ccccc2[nH]1. The van der Waals surface area contributed by atoms with Gasteiger partial charge in [-0.1, -0.05) is 18.2 Å². The molecule has 1 aromatic carbocycles. The summed E-state index contributed by atoms with van der Waals surface area (Å²) in [5, 5.41) is 0.846. The van der Waals surface area contributed by atoms with Crippen molar-refractivity contribution in [3.63, 3.8) is 0 Å². The number of hydrogen-bond donors (Lipinski definition) is 4. The second-order valence-corrected chi connectivity index (χ2v) is 4.43. The predicted molar refractivity (Wildman–Crippen MR) is 51.5 cm³/mol. The third kappa shape index (κ3) is 1.57. The lowest BCUT2D eigenvalue weighted by Gasteiger charge is -1.97. The second kappa shape index (κ2) is 2.79. The Morgan fingerprint density at radius 1 is 1.08 bits per heavy atom. The molecule has 0 bridgehead atoms. The maximum absolute atomic E-state index is 8.98. The van der Waals surface area contributed by atoms with Crippen LogP contribution in [-0.4, -0.2) is 19.7 Å². The van der Waals surface area contributed by atoms with Crippen LogP contribution < -0.4 is 5.44 Å². The van der Waals surface area contributed by atoms with E-state index in [2.05, 4.69) is 4.98 Å². The Morgan fingerprint density at radius 2 is 1.77 bits per heavy atom. The van der Waals surface area contributed by atoms with E-state index >= 15 is 0 Å². The van der Waals surface area contributed by atoms with Crippen molar-refractivity contribution in [2.75, 3.05) is 0 Å². The van der Waals surface area contributed by atoms with E-state index in [1.165, 1.54) is 6.07 Å². The molecule has 0 fully saturated rings. The van der Waals surface area contributed by atoms with Gasteiger partial charge in [0.25, 0.3) is 5.44 Å². The summed E-state index contributed by atoms with van der Waals surface area (Å²) in [6, 6.07) is 8.82. The van der Waals surface area contributed by atoms with Crippen molar-refractivity contribution in [3.05, 3.63) is 30.3 Å². The van der Waals surface area contributed by atoms with Gasteiger partial charge >= 0.3 is 7.94 Å². The number of para-hydroxylation sites is 1. The quantitative estimate of drug-likeness (QED) is 0.505. The first-order valence-electron chi connectivity index (χ1n) is 3.73. The highest BCUT2D eigenvalue weighted by Gasteiger charge is 2.36. The highest BCUT2D eigenvalue weighted by Crippen LogP contribution is 2.42. The molecule has 0 unspecified atom stereocenters. The summed E-state index contributed by atoms with van der Waals surface area (Å²) in [6.07, 6.45) is 0. The first-order chi connectivity index (χ1) is 6.07. The molecule has 1 heterocycles. The molecule has 2 aromatic rings. The summed E-state index contributed by atoms with van der Waals surface area (Å²) in [7, 11) is -3.90. The molecule has 0 saturated carbocycles. The predicted octanol–water partition coefficient (Wildman–Crippen LogP) is 0.533. The molecule has 0 aliphatic rings. The van der Waals surface area contributed by atoms with Crippen LogP contribution in [0.15, 0.2) is 30.3 Å². The third-order valence-corrected chi connectivity index (χ3v) is 2.73. The summed E-state index contributed by atoms with van der Waals surface area (Å²) < 4.78 is 0. The highest BCUT2D eigenvalue weighted by atomic mass is 31.2. The molecule has 4 nitrogen and oxygen atoms in total. The molecule has 4 N–H and O–H groups in total. The monoisotopic (exact) mass is 198 g/mol. The minimum Gasteiger partial charge on any atom is -0.319 e. The number of fused-ring (bicyclic) bond motifs is 1. The van der Waals surface area contributed by atoms with Crippen LogP contribution in [0.5, 0.6) is 0 Å². The molecule has 0 atom stereocenters. The van der Waals surface area contributed by atoms with Crippen molar-refractivity contribution in [1.82, 2.24) is 4.98 Å². The highest BCUT2D eigenvalue weighted by molar-refractivity contribution is 7.66. The maximum atomic E-state index is 8.98. The molecule has 0 amide bonds. The minimum absolute atomic E-state index is 0.0775. The summed E-state index contributed by atoms with van der Waals surface area (Å²) in [5.41, 5.74) is 0.854. The first kappa shape index (κ1) is 8.66. The Morgan fingerprint density at radius 3 is 2.38 bits per heavy atom. The van der Waals surface area contributed by atoms with E-state index in [9.17, 15) is 0 Å². The van der Waals surface area contributed by atoms with Crippen LogP contribution in [0.3, 0.4) is 0 Å². The lowest BCUT2D eigenvalue weighted by Crippen LogP contribution is -2.09. The van der Waals surface area contributed by atoms with Crippen molar-refractivity contribution >= 4 is 24.3 Å². The van der Waals surface area contributed by atoms with Gasteiger partial charge in [0, 0.05) is 17.0 Å². The van der Waals surface area contributed by atoms with Crippen molar-refractivity contribution in [1.29, 1.82) is 0 Å². The summed E-state index contributed by atoms with van der Waals surface area (Å²) in [6.45, 7) is 0. The molecule has 0 radical (unpaired) electrons. The zero-order valence-corrected chi connectivity index (χ0v) is 7.57. The Kier molecular flexibility index (Phi) is 1.86. The molecule has 5 heteroatoms. The van der Waals surface area contributed by atoms with Gasteiger partial charge in [-0.05, 0) is 6.07 Å². The van der Waals surface area contributed by atoms with Gasteiger partial charge in [0.15, 0.2) is 0 Å². The molecule has 0 spiro atoms. The normalized spacial score (nSPS) is 12.2. The van der Waals surface area contributed by atoms with E-state index in [4.69, 9.17) is 14.7 Å². The third-order valence-electron chi connectivity index (χ3n) is 1.84. The van der Waals surface area contributed by atoms with Crippen molar-refractivity contribution in [2.45, 2.75) is 0 Å².